The molecule has 128 valence electrons. The van der Waals surface area contributed by atoms with E-state index in [1.54, 1.807) is 11.0 Å². The number of aromatic nitrogens is 2. The molecule has 1 saturated heterocycles. The van der Waals surface area contributed by atoms with Crippen LogP contribution in [0.15, 0.2) is 22.6 Å². The number of likely N-dealkylation sites (tertiary alicyclic amines) is 1. The van der Waals surface area contributed by atoms with Crippen molar-refractivity contribution in [2.45, 2.75) is 45.1 Å². The first-order chi connectivity index (χ1) is 11.5. The van der Waals surface area contributed by atoms with Crippen LogP contribution in [0.1, 0.15) is 48.4 Å². The summed E-state index contributed by atoms with van der Waals surface area (Å²) in [4.78, 5) is 25.4. The number of rotatable bonds is 5. The largest absolute Gasteiger partial charge is 0.481 e. The van der Waals surface area contributed by atoms with Crippen molar-refractivity contribution in [1.29, 1.82) is 0 Å². The Morgan fingerprint density at radius 1 is 1.42 bits per heavy atom. The summed E-state index contributed by atoms with van der Waals surface area (Å²) in [7, 11) is 0. The molecule has 0 aromatic carbocycles. The van der Waals surface area contributed by atoms with Crippen LogP contribution in [0.4, 0.5) is 0 Å². The van der Waals surface area contributed by atoms with E-state index in [1.807, 2.05) is 19.1 Å². The number of nitrogens with zero attached hydrogens (tertiary/aromatic N) is 2. The van der Waals surface area contributed by atoms with E-state index in [2.05, 4.69) is 10.2 Å². The molecule has 3 rings (SSSR count). The maximum Gasteiger partial charge on any atom is 0.303 e. The zero-order valence-electron chi connectivity index (χ0n) is 13.6. The lowest BCUT2D eigenvalue weighted by Gasteiger charge is -2.35. The van der Waals surface area contributed by atoms with E-state index in [1.165, 1.54) is 0 Å². The van der Waals surface area contributed by atoms with Gasteiger partial charge >= 0.3 is 5.97 Å². The van der Waals surface area contributed by atoms with Gasteiger partial charge in [0.15, 0.2) is 11.5 Å². The highest BCUT2D eigenvalue weighted by atomic mass is 16.4. The number of hydrogen-bond donors (Lipinski definition) is 2. The number of piperidine rings is 1. The van der Waals surface area contributed by atoms with Gasteiger partial charge in [-0.15, -0.1) is 0 Å². The second kappa shape index (κ2) is 6.90. The van der Waals surface area contributed by atoms with Crippen molar-refractivity contribution in [2.75, 3.05) is 6.54 Å². The quantitative estimate of drug-likeness (QED) is 0.877. The minimum Gasteiger partial charge on any atom is -0.481 e. The van der Waals surface area contributed by atoms with E-state index >= 15 is 0 Å². The molecular formula is C17H21N3O4. The third-order valence-corrected chi connectivity index (χ3v) is 4.38. The van der Waals surface area contributed by atoms with Gasteiger partial charge in [0, 0.05) is 25.1 Å². The standard InChI is InChI=1S/C17H21N3O4/c1-11-5-7-15(24-11)13-10-14(19-18-13)17(23)20-9-3-2-4-12(20)6-8-16(21)22/h5,7,10,12H,2-4,6,8-9H2,1H3,(H,18,19)(H,21,22). The van der Waals surface area contributed by atoms with Gasteiger partial charge in [-0.25, -0.2) is 0 Å². The molecule has 2 N–H and O–H groups in total. The molecule has 7 nitrogen and oxygen atoms in total. The molecule has 3 heterocycles. The summed E-state index contributed by atoms with van der Waals surface area (Å²) in [6, 6.07) is 5.33. The van der Waals surface area contributed by atoms with E-state index in [0.717, 1.165) is 25.0 Å². The smallest absolute Gasteiger partial charge is 0.303 e. The molecule has 0 radical (unpaired) electrons. The number of nitrogens with one attached hydrogen (secondary N) is 1. The number of carboxylic acid groups (broad SMARTS) is 1. The van der Waals surface area contributed by atoms with Crippen LogP contribution in [0.5, 0.6) is 0 Å². The van der Waals surface area contributed by atoms with E-state index in [4.69, 9.17) is 9.52 Å². The molecule has 0 bridgehead atoms. The van der Waals surface area contributed by atoms with Crippen LogP contribution in [0.2, 0.25) is 0 Å². The molecule has 1 aliphatic heterocycles. The Balaban J connectivity index is 1.74. The van der Waals surface area contributed by atoms with Crippen LogP contribution in [0, 0.1) is 6.92 Å². The third-order valence-electron chi connectivity index (χ3n) is 4.38. The lowest BCUT2D eigenvalue weighted by molar-refractivity contribution is -0.137. The Morgan fingerprint density at radius 2 is 2.25 bits per heavy atom. The molecule has 1 aliphatic rings. The van der Waals surface area contributed by atoms with E-state index in [0.29, 0.717) is 30.1 Å². The predicted octanol–water partition coefficient (Wildman–Crippen LogP) is 2.84. The number of amides is 1. The summed E-state index contributed by atoms with van der Waals surface area (Å²) in [5.74, 6) is 0.441. The SMILES string of the molecule is Cc1ccc(-c2cc(C(=O)N3CCCCC3CCC(=O)O)n[nH]2)o1. The van der Waals surface area contributed by atoms with Crippen LogP contribution in [-0.4, -0.2) is 44.7 Å². The number of aromatic amines is 1. The number of hydrogen-bond acceptors (Lipinski definition) is 4. The molecule has 2 aromatic heterocycles. The molecule has 0 aliphatic carbocycles. The number of carboxylic acids is 1. The first-order valence-corrected chi connectivity index (χ1v) is 8.19. The second-order valence-corrected chi connectivity index (χ2v) is 6.16. The highest BCUT2D eigenvalue weighted by Crippen LogP contribution is 2.25. The summed E-state index contributed by atoms with van der Waals surface area (Å²) < 4.78 is 5.53. The summed E-state index contributed by atoms with van der Waals surface area (Å²) >= 11 is 0. The van der Waals surface area contributed by atoms with Gasteiger partial charge in [-0.1, -0.05) is 0 Å². The van der Waals surface area contributed by atoms with Gasteiger partial charge < -0.3 is 14.4 Å². The van der Waals surface area contributed by atoms with Gasteiger partial charge in [-0.05, 0) is 44.7 Å². The van der Waals surface area contributed by atoms with Crippen LogP contribution < -0.4 is 0 Å². The van der Waals surface area contributed by atoms with E-state index in [9.17, 15) is 9.59 Å². The summed E-state index contributed by atoms with van der Waals surface area (Å²) in [6.07, 6.45) is 3.35. The lowest BCUT2D eigenvalue weighted by Crippen LogP contribution is -2.44. The Morgan fingerprint density at radius 3 is 2.96 bits per heavy atom. The van der Waals surface area contributed by atoms with Gasteiger partial charge in [0.05, 0.1) is 0 Å². The van der Waals surface area contributed by atoms with Crippen LogP contribution in [0.3, 0.4) is 0 Å². The molecule has 1 amide bonds. The van der Waals surface area contributed by atoms with Gasteiger partial charge in [0.2, 0.25) is 0 Å². The average molecular weight is 331 g/mol. The minimum atomic E-state index is -0.830. The Kier molecular flexibility index (Phi) is 4.69. The minimum absolute atomic E-state index is 0.0339. The van der Waals surface area contributed by atoms with Crippen molar-refractivity contribution in [3.8, 4) is 11.5 Å². The zero-order chi connectivity index (χ0) is 17.1. The molecule has 2 aromatic rings. The zero-order valence-corrected chi connectivity index (χ0v) is 13.6. The molecule has 1 fully saturated rings. The first-order valence-electron chi connectivity index (χ1n) is 8.19. The monoisotopic (exact) mass is 331 g/mol. The number of carbonyl (C=O) groups is 2. The van der Waals surface area contributed by atoms with Crippen molar-refractivity contribution >= 4 is 11.9 Å². The lowest BCUT2D eigenvalue weighted by atomic mass is 9.97. The molecule has 1 unspecified atom stereocenters. The maximum atomic E-state index is 12.8. The van der Waals surface area contributed by atoms with Crippen LogP contribution in [0.25, 0.3) is 11.5 Å². The van der Waals surface area contributed by atoms with Crippen molar-refractivity contribution in [3.63, 3.8) is 0 Å². The highest BCUT2D eigenvalue weighted by Gasteiger charge is 2.29. The predicted molar refractivity (Wildman–Crippen MR) is 86.6 cm³/mol. The molecule has 24 heavy (non-hydrogen) atoms. The maximum absolute atomic E-state index is 12.8. The molecule has 1 atom stereocenters. The normalized spacial score (nSPS) is 17.9. The van der Waals surface area contributed by atoms with Crippen molar-refractivity contribution < 1.29 is 19.1 Å². The number of H-pyrrole nitrogens is 1. The van der Waals surface area contributed by atoms with Crippen molar-refractivity contribution in [1.82, 2.24) is 15.1 Å². The van der Waals surface area contributed by atoms with Crippen LogP contribution >= 0.6 is 0 Å². The van der Waals surface area contributed by atoms with Gasteiger partial charge in [-0.3, -0.25) is 14.7 Å². The second-order valence-electron chi connectivity index (χ2n) is 6.16. The highest BCUT2D eigenvalue weighted by molar-refractivity contribution is 5.93. The van der Waals surface area contributed by atoms with Crippen molar-refractivity contribution in [3.05, 3.63) is 29.7 Å². The summed E-state index contributed by atoms with van der Waals surface area (Å²) in [5, 5.41) is 15.8. The average Bonchev–Trinajstić information content (AvgIpc) is 3.21. The molecular weight excluding hydrogens is 310 g/mol. The first kappa shape index (κ1) is 16.3. The topological polar surface area (TPSA) is 99.4 Å². The Labute approximate surface area is 139 Å². The molecule has 0 saturated carbocycles. The number of carbonyl (C=O) groups excluding carboxylic acids is 1. The molecule has 7 heteroatoms. The third kappa shape index (κ3) is 3.50. The van der Waals surface area contributed by atoms with E-state index in [-0.39, 0.29) is 18.4 Å². The summed E-state index contributed by atoms with van der Waals surface area (Å²) in [5.41, 5.74) is 0.992. The molecule has 0 spiro atoms. The number of aryl methyl sites for hydroxylation is 1. The Hall–Kier alpha value is -2.57. The van der Waals surface area contributed by atoms with Crippen LogP contribution in [-0.2, 0) is 4.79 Å². The van der Waals surface area contributed by atoms with E-state index < -0.39 is 5.97 Å². The van der Waals surface area contributed by atoms with Gasteiger partial charge in [0.1, 0.15) is 11.5 Å². The van der Waals surface area contributed by atoms with Crippen molar-refractivity contribution in [2.24, 2.45) is 0 Å². The Bertz CT molecular complexity index is 734. The van der Waals surface area contributed by atoms with Gasteiger partial charge in [-0.2, -0.15) is 5.10 Å². The number of aliphatic carboxylic acids is 1. The number of furan rings is 1. The fraction of sp³-hybridized carbons (Fsp3) is 0.471. The van der Waals surface area contributed by atoms with Gasteiger partial charge in [0.25, 0.3) is 5.91 Å². The summed E-state index contributed by atoms with van der Waals surface area (Å²) in [6.45, 7) is 2.50. The fourth-order valence-electron chi connectivity index (χ4n) is 3.14. The fourth-order valence-corrected chi connectivity index (χ4v) is 3.14.